The third kappa shape index (κ3) is 6.33. The molecule has 1 aromatic carbocycles. The third-order valence-electron chi connectivity index (χ3n) is 4.51. The summed E-state index contributed by atoms with van der Waals surface area (Å²) >= 11 is 0. The summed E-state index contributed by atoms with van der Waals surface area (Å²) in [6.45, 7) is 5.70. The van der Waals surface area contributed by atoms with Gasteiger partial charge in [0, 0.05) is 18.7 Å². The van der Waals surface area contributed by atoms with Gasteiger partial charge in [-0.1, -0.05) is 19.8 Å². The van der Waals surface area contributed by atoms with Crippen LogP contribution in [0.5, 0.6) is 5.75 Å². The van der Waals surface area contributed by atoms with Crippen molar-refractivity contribution in [3.63, 3.8) is 0 Å². The SMILES string of the molecule is CCCCCOc1ccc(C(=O)N2CCC(CNC)CC2)cc1.Cl. The van der Waals surface area contributed by atoms with Gasteiger partial charge in [-0.25, -0.2) is 0 Å². The van der Waals surface area contributed by atoms with Crippen molar-refractivity contribution < 1.29 is 9.53 Å². The summed E-state index contributed by atoms with van der Waals surface area (Å²) in [5.41, 5.74) is 0.762. The fourth-order valence-electron chi connectivity index (χ4n) is 3.05. The van der Waals surface area contributed by atoms with Gasteiger partial charge in [-0.15, -0.1) is 12.4 Å². The summed E-state index contributed by atoms with van der Waals surface area (Å²) in [6.07, 6.45) is 5.65. The molecule has 2 rings (SSSR count). The number of benzene rings is 1. The summed E-state index contributed by atoms with van der Waals surface area (Å²) in [5.74, 6) is 1.69. The molecule has 1 aliphatic rings. The molecule has 0 aromatic heterocycles. The topological polar surface area (TPSA) is 41.6 Å². The van der Waals surface area contributed by atoms with E-state index in [0.29, 0.717) is 5.92 Å². The number of rotatable bonds is 8. The summed E-state index contributed by atoms with van der Waals surface area (Å²) in [7, 11) is 1.99. The number of likely N-dealkylation sites (tertiary alicyclic amines) is 1. The van der Waals surface area contributed by atoms with Gasteiger partial charge in [0.15, 0.2) is 0 Å². The Morgan fingerprint density at radius 2 is 1.88 bits per heavy atom. The number of piperidine rings is 1. The van der Waals surface area contributed by atoms with Gasteiger partial charge in [0.05, 0.1) is 6.61 Å². The molecule has 1 aromatic rings. The first-order valence-electron chi connectivity index (χ1n) is 8.91. The first-order chi connectivity index (χ1) is 11.2. The maximum atomic E-state index is 12.5. The number of carbonyl (C=O) groups excluding carboxylic acids is 1. The van der Waals surface area contributed by atoms with Crippen LogP contribution in [-0.4, -0.2) is 44.1 Å². The summed E-state index contributed by atoms with van der Waals surface area (Å²) in [5, 5.41) is 3.23. The van der Waals surface area contributed by atoms with Gasteiger partial charge in [0.1, 0.15) is 5.75 Å². The Kier molecular flexibility index (Phi) is 9.80. The highest BCUT2D eigenvalue weighted by Crippen LogP contribution is 2.20. The van der Waals surface area contributed by atoms with Gasteiger partial charge in [-0.3, -0.25) is 4.79 Å². The number of amides is 1. The van der Waals surface area contributed by atoms with Crippen LogP contribution in [-0.2, 0) is 0 Å². The Morgan fingerprint density at radius 3 is 2.46 bits per heavy atom. The van der Waals surface area contributed by atoms with Crippen molar-refractivity contribution in [3.8, 4) is 5.75 Å². The molecule has 4 nitrogen and oxygen atoms in total. The molecular weight excluding hydrogens is 324 g/mol. The number of nitrogens with zero attached hydrogens (tertiary/aromatic N) is 1. The van der Waals surface area contributed by atoms with Gasteiger partial charge in [-0.05, 0) is 63.0 Å². The minimum absolute atomic E-state index is 0. The number of ether oxygens (including phenoxy) is 1. The number of carbonyl (C=O) groups is 1. The zero-order valence-corrected chi connectivity index (χ0v) is 15.7. The van der Waals surface area contributed by atoms with Crippen LogP contribution in [0.4, 0.5) is 0 Å². The molecule has 1 amide bonds. The van der Waals surface area contributed by atoms with Crippen molar-refractivity contribution in [1.29, 1.82) is 0 Å². The van der Waals surface area contributed by atoms with Crippen molar-refractivity contribution in [2.75, 3.05) is 33.3 Å². The fourth-order valence-corrected chi connectivity index (χ4v) is 3.05. The number of halogens is 1. The van der Waals surface area contributed by atoms with E-state index >= 15 is 0 Å². The zero-order valence-electron chi connectivity index (χ0n) is 14.9. The quantitative estimate of drug-likeness (QED) is 0.723. The zero-order chi connectivity index (χ0) is 16.5. The van der Waals surface area contributed by atoms with Crippen LogP contribution in [0.25, 0.3) is 0 Å². The number of hydrogen-bond acceptors (Lipinski definition) is 3. The van der Waals surface area contributed by atoms with Crippen LogP contribution in [0.1, 0.15) is 49.4 Å². The van der Waals surface area contributed by atoms with E-state index in [2.05, 4.69) is 12.2 Å². The molecule has 1 N–H and O–H groups in total. The molecule has 1 saturated heterocycles. The molecule has 0 atom stereocenters. The van der Waals surface area contributed by atoms with Crippen molar-refractivity contribution in [1.82, 2.24) is 10.2 Å². The largest absolute Gasteiger partial charge is 0.494 e. The molecule has 0 bridgehead atoms. The van der Waals surface area contributed by atoms with Crippen molar-refractivity contribution in [2.24, 2.45) is 5.92 Å². The average molecular weight is 355 g/mol. The molecule has 0 saturated carbocycles. The van der Waals surface area contributed by atoms with Crippen LogP contribution >= 0.6 is 12.4 Å². The van der Waals surface area contributed by atoms with Crippen molar-refractivity contribution in [3.05, 3.63) is 29.8 Å². The van der Waals surface area contributed by atoms with E-state index in [4.69, 9.17) is 4.74 Å². The third-order valence-corrected chi connectivity index (χ3v) is 4.51. The highest BCUT2D eigenvalue weighted by molar-refractivity contribution is 5.94. The van der Waals surface area contributed by atoms with Crippen molar-refractivity contribution in [2.45, 2.75) is 39.0 Å². The normalized spacial score (nSPS) is 15.0. The summed E-state index contributed by atoms with van der Waals surface area (Å²) in [6, 6.07) is 7.59. The monoisotopic (exact) mass is 354 g/mol. The van der Waals surface area contributed by atoms with Gasteiger partial charge in [0.2, 0.25) is 0 Å². The Hall–Kier alpha value is -1.26. The predicted molar refractivity (Wildman–Crippen MR) is 101 cm³/mol. The van der Waals surface area contributed by atoms with Gasteiger partial charge >= 0.3 is 0 Å². The standard InChI is InChI=1S/C19H30N2O2.ClH/c1-3-4-5-14-23-18-8-6-17(7-9-18)19(22)21-12-10-16(11-13-21)15-20-2;/h6-9,16,20H,3-5,10-15H2,1-2H3;1H. The van der Waals surface area contributed by atoms with Gasteiger partial charge in [-0.2, -0.15) is 0 Å². The van der Waals surface area contributed by atoms with E-state index in [1.807, 2.05) is 36.2 Å². The minimum atomic E-state index is 0. The summed E-state index contributed by atoms with van der Waals surface area (Å²) < 4.78 is 5.70. The lowest BCUT2D eigenvalue weighted by Gasteiger charge is -2.32. The Bertz CT molecular complexity index is 471. The second kappa shape index (κ2) is 11.3. The van der Waals surface area contributed by atoms with E-state index in [9.17, 15) is 4.79 Å². The van der Waals surface area contributed by atoms with E-state index in [-0.39, 0.29) is 18.3 Å². The fraction of sp³-hybridized carbons (Fsp3) is 0.632. The lowest BCUT2D eigenvalue weighted by molar-refractivity contribution is 0.0691. The predicted octanol–water partition coefficient (Wildman–Crippen LogP) is 3.75. The van der Waals surface area contributed by atoms with Crippen LogP contribution in [0, 0.1) is 5.92 Å². The molecule has 0 unspecified atom stereocenters. The minimum Gasteiger partial charge on any atom is -0.494 e. The van der Waals surface area contributed by atoms with E-state index in [0.717, 1.165) is 56.8 Å². The van der Waals surface area contributed by atoms with Crippen LogP contribution in [0.3, 0.4) is 0 Å². The van der Waals surface area contributed by atoms with E-state index < -0.39 is 0 Å². The molecule has 1 aliphatic heterocycles. The van der Waals surface area contributed by atoms with Crippen LogP contribution in [0.2, 0.25) is 0 Å². The molecular formula is C19H31ClN2O2. The number of hydrogen-bond donors (Lipinski definition) is 1. The van der Waals surface area contributed by atoms with E-state index in [1.165, 1.54) is 12.8 Å². The second-order valence-corrected chi connectivity index (χ2v) is 6.37. The van der Waals surface area contributed by atoms with E-state index in [1.54, 1.807) is 0 Å². The average Bonchev–Trinajstić information content (AvgIpc) is 2.60. The number of nitrogens with one attached hydrogen (secondary N) is 1. The maximum absolute atomic E-state index is 12.5. The second-order valence-electron chi connectivity index (χ2n) is 6.37. The lowest BCUT2D eigenvalue weighted by Crippen LogP contribution is -2.40. The summed E-state index contributed by atoms with van der Waals surface area (Å²) in [4.78, 5) is 14.5. The highest BCUT2D eigenvalue weighted by Gasteiger charge is 2.23. The molecule has 0 spiro atoms. The Morgan fingerprint density at radius 1 is 1.21 bits per heavy atom. The Labute approximate surface area is 152 Å². The maximum Gasteiger partial charge on any atom is 0.253 e. The first kappa shape index (κ1) is 20.8. The van der Waals surface area contributed by atoms with Crippen LogP contribution in [0.15, 0.2) is 24.3 Å². The smallest absolute Gasteiger partial charge is 0.253 e. The molecule has 1 fully saturated rings. The highest BCUT2D eigenvalue weighted by atomic mass is 35.5. The van der Waals surface area contributed by atoms with Crippen LogP contribution < -0.4 is 10.1 Å². The molecule has 0 radical (unpaired) electrons. The molecule has 136 valence electrons. The molecule has 5 heteroatoms. The molecule has 0 aliphatic carbocycles. The lowest BCUT2D eigenvalue weighted by atomic mass is 9.96. The first-order valence-corrected chi connectivity index (χ1v) is 8.91. The van der Waals surface area contributed by atoms with Crippen molar-refractivity contribution >= 4 is 18.3 Å². The van der Waals surface area contributed by atoms with Gasteiger partial charge in [0.25, 0.3) is 5.91 Å². The van der Waals surface area contributed by atoms with Gasteiger partial charge < -0.3 is 15.0 Å². The molecule has 1 heterocycles. The number of unbranched alkanes of at least 4 members (excludes halogenated alkanes) is 2. The molecule has 24 heavy (non-hydrogen) atoms. The Balaban J connectivity index is 0.00000288.